The molecule has 0 aliphatic carbocycles. The zero-order chi connectivity index (χ0) is 68.8. The molecule has 0 unspecified atom stereocenters. The van der Waals surface area contributed by atoms with Crippen molar-refractivity contribution in [3.63, 3.8) is 0 Å². The highest BCUT2D eigenvalue weighted by Crippen LogP contribution is 2.25. The number of guanidine groups is 1. The maximum Gasteiger partial charge on any atom is 0.326 e. The standard InChI is InChI=1S/C58H92N20O15/c1-7-29(3)44(53(88)74-45(57(92)93)30(4)8-2)73-43(81)26-66-49(84)36(13-9-17-65-58(61)62)70-47(82)31(5)69-50(85)39-14-12-20-78(39)56(91)46(32(6)79)75-52(87)41-16-11-19-77(41)55(90)38(22-34-25-64-28-68-34)72-51(86)40-15-10-18-76(40)54(89)37(21-33-24-63-27-67-33)71-48(83)35(59)23-42(60)80/h24-25,27-32,35-41,44-46,79H,7-23,26,59H2,1-6H3,(H2,60,80)(H,63,67)(H,64,68)(H,66,84)(H,69,85)(H,70,82)(H,71,83)(H,72,86)(H,73,81)(H,74,88)(H,75,87)(H,92,93)(H4,61,62,65)/t29-,30-,31-,32+,35-,36-,37-,38-,39-,40-,41-,44-,45-,46-/m0/s1. The van der Waals surface area contributed by atoms with Crippen molar-refractivity contribution in [3.05, 3.63) is 36.4 Å². The summed E-state index contributed by atoms with van der Waals surface area (Å²) in [6.45, 7) is 9.02. The van der Waals surface area contributed by atoms with E-state index < -0.39 is 174 Å². The number of likely N-dealkylation sites (tertiary alicyclic amines) is 3. The van der Waals surface area contributed by atoms with Gasteiger partial charge >= 0.3 is 5.97 Å². The van der Waals surface area contributed by atoms with Crippen molar-refractivity contribution in [1.29, 1.82) is 0 Å². The molecule has 20 N–H and O–H groups in total. The number of aliphatic hydroxyl groups excluding tert-OH is 1. The van der Waals surface area contributed by atoms with Crippen LogP contribution >= 0.6 is 0 Å². The van der Waals surface area contributed by atoms with Gasteiger partial charge in [-0.3, -0.25) is 62.5 Å². The molecule has 3 saturated heterocycles. The summed E-state index contributed by atoms with van der Waals surface area (Å²) < 4.78 is 0. The topological polar surface area (TPSA) is 542 Å². The fraction of sp³-hybridized carbons (Fsp3) is 0.655. The monoisotopic (exact) mass is 1310 g/mol. The maximum absolute atomic E-state index is 14.7. The van der Waals surface area contributed by atoms with Gasteiger partial charge in [-0.1, -0.05) is 40.5 Å². The van der Waals surface area contributed by atoms with E-state index >= 15 is 0 Å². The molecule has 2 aromatic rings. The second-order valence-corrected chi connectivity index (χ2v) is 23.9. The molecule has 3 aliphatic rings. The van der Waals surface area contributed by atoms with Gasteiger partial charge in [0.1, 0.15) is 60.4 Å². The van der Waals surface area contributed by atoms with E-state index in [-0.39, 0.29) is 77.1 Å². The molecule has 3 aliphatic heterocycles. The fourth-order valence-corrected chi connectivity index (χ4v) is 11.2. The molecule has 3 fully saturated rings. The third kappa shape index (κ3) is 21.4. The number of imidazole rings is 2. The van der Waals surface area contributed by atoms with Gasteiger partial charge in [0.2, 0.25) is 70.9 Å². The summed E-state index contributed by atoms with van der Waals surface area (Å²) in [5.41, 5.74) is 23.0. The predicted molar refractivity (Wildman–Crippen MR) is 331 cm³/mol. The third-order valence-corrected chi connectivity index (χ3v) is 16.8. The smallest absolute Gasteiger partial charge is 0.326 e. The lowest BCUT2D eigenvalue weighted by Crippen LogP contribution is -2.61. The van der Waals surface area contributed by atoms with Crippen LogP contribution in [0.2, 0.25) is 0 Å². The van der Waals surface area contributed by atoms with E-state index in [4.69, 9.17) is 22.9 Å². The first-order valence-corrected chi connectivity index (χ1v) is 31.3. The molecule has 35 nitrogen and oxygen atoms in total. The third-order valence-electron chi connectivity index (χ3n) is 16.8. The van der Waals surface area contributed by atoms with Gasteiger partial charge in [0, 0.05) is 62.8 Å². The van der Waals surface area contributed by atoms with E-state index in [1.807, 2.05) is 0 Å². The zero-order valence-electron chi connectivity index (χ0n) is 53.3. The van der Waals surface area contributed by atoms with Gasteiger partial charge in [0.05, 0.1) is 37.8 Å². The number of aliphatic imine (C=N–C) groups is 1. The van der Waals surface area contributed by atoms with Crippen LogP contribution in [-0.2, 0) is 75.2 Å². The van der Waals surface area contributed by atoms with E-state index in [1.54, 1.807) is 27.7 Å². The van der Waals surface area contributed by atoms with Crippen LogP contribution < -0.4 is 65.5 Å². The normalized spacial score (nSPS) is 19.7. The van der Waals surface area contributed by atoms with Crippen LogP contribution in [0, 0.1) is 11.8 Å². The Kier molecular flexibility index (Phi) is 28.4. The summed E-state index contributed by atoms with van der Waals surface area (Å²) in [6.07, 6.45) is 5.71. The Hall–Kier alpha value is -9.28. The Morgan fingerprint density at radius 2 is 1.09 bits per heavy atom. The lowest BCUT2D eigenvalue weighted by Gasteiger charge is -2.33. The minimum Gasteiger partial charge on any atom is -0.480 e. The molecule has 0 saturated carbocycles. The number of aliphatic hydroxyl groups is 1. The van der Waals surface area contributed by atoms with Gasteiger partial charge in [-0.05, 0) is 77.0 Å². The number of H-pyrrole nitrogens is 2. The molecule has 514 valence electrons. The van der Waals surface area contributed by atoms with E-state index in [9.17, 15) is 72.5 Å². The van der Waals surface area contributed by atoms with E-state index in [1.165, 1.54) is 48.7 Å². The van der Waals surface area contributed by atoms with Crippen molar-refractivity contribution in [1.82, 2.24) is 77.2 Å². The van der Waals surface area contributed by atoms with Gasteiger partial charge in [0.25, 0.3) is 0 Å². The second-order valence-electron chi connectivity index (χ2n) is 23.9. The van der Waals surface area contributed by atoms with Crippen LogP contribution in [0.25, 0.3) is 0 Å². The quantitative estimate of drug-likeness (QED) is 0.0174. The summed E-state index contributed by atoms with van der Waals surface area (Å²) in [5.74, 6) is -11.7. The highest BCUT2D eigenvalue weighted by molar-refractivity contribution is 6.00. The first-order valence-electron chi connectivity index (χ1n) is 31.3. The minimum atomic E-state index is -1.64. The SMILES string of the molecule is CC[C@H](C)[C@H](NC(=O)[C@@H](NC(=O)CNC(=O)[C@H](CCCN=C(N)N)NC(=O)[C@H](C)NC(=O)[C@@H]1CCCN1C(=O)[C@@H](NC(=O)[C@@H]1CCCN1C(=O)[C@H](Cc1cnc[nH]1)NC(=O)[C@@H]1CCCN1C(=O)[C@H](Cc1cnc[nH]1)NC(=O)[C@@H](N)CC(N)=O)[C@@H](C)O)[C@@H](C)CC)C(=O)O. The second kappa shape index (κ2) is 35.5. The summed E-state index contributed by atoms with van der Waals surface area (Å²) in [6, 6.07) is -14.2. The molecule has 0 spiro atoms. The summed E-state index contributed by atoms with van der Waals surface area (Å²) in [4.78, 5) is 198. The van der Waals surface area contributed by atoms with Crippen LogP contribution in [0.5, 0.6) is 0 Å². The predicted octanol–water partition coefficient (Wildman–Crippen LogP) is -5.77. The number of aromatic nitrogens is 4. The maximum atomic E-state index is 14.7. The summed E-state index contributed by atoms with van der Waals surface area (Å²) in [7, 11) is 0. The van der Waals surface area contributed by atoms with Crippen molar-refractivity contribution in [2.75, 3.05) is 32.7 Å². The number of nitrogens with two attached hydrogens (primary N) is 4. The van der Waals surface area contributed by atoms with E-state index in [0.717, 1.165) is 4.90 Å². The molecule has 93 heavy (non-hydrogen) atoms. The highest BCUT2D eigenvalue weighted by Gasteiger charge is 2.45. The Balaban J connectivity index is 1.23. The van der Waals surface area contributed by atoms with Crippen LogP contribution in [0.15, 0.2) is 30.0 Å². The van der Waals surface area contributed by atoms with Gasteiger partial charge in [0.15, 0.2) is 5.96 Å². The Bertz CT molecular complexity index is 2980. The average molecular weight is 1310 g/mol. The number of rotatable bonds is 35. The first-order chi connectivity index (χ1) is 44.1. The summed E-state index contributed by atoms with van der Waals surface area (Å²) in [5, 5.41) is 41.4. The number of nitrogens with one attached hydrogen (secondary N) is 10. The number of amides is 12. The number of carbonyl (C=O) groups is 13. The number of carboxylic acids is 1. The number of carbonyl (C=O) groups excluding carboxylic acids is 12. The Labute approximate surface area is 537 Å². The number of aromatic amines is 2. The number of hydrogen-bond donors (Lipinski definition) is 16. The number of carboxylic acid groups (broad SMARTS) is 1. The molecule has 5 heterocycles. The Morgan fingerprint density at radius 1 is 0.602 bits per heavy atom. The van der Waals surface area contributed by atoms with Gasteiger partial charge in [-0.25, -0.2) is 14.8 Å². The molecule has 5 rings (SSSR count). The molecule has 0 radical (unpaired) electrons. The molecule has 12 amide bonds. The first kappa shape index (κ1) is 74.4. The van der Waals surface area contributed by atoms with Crippen molar-refractivity contribution in [2.45, 2.75) is 198 Å². The van der Waals surface area contributed by atoms with Crippen molar-refractivity contribution in [3.8, 4) is 0 Å². The van der Waals surface area contributed by atoms with Crippen LogP contribution in [0.3, 0.4) is 0 Å². The number of primary amides is 1. The zero-order valence-corrected chi connectivity index (χ0v) is 53.3. The van der Waals surface area contributed by atoms with Crippen molar-refractivity contribution < 1.29 is 72.5 Å². The van der Waals surface area contributed by atoms with E-state index in [0.29, 0.717) is 43.5 Å². The molecule has 0 bridgehead atoms. The largest absolute Gasteiger partial charge is 0.480 e. The van der Waals surface area contributed by atoms with Crippen LogP contribution in [-0.4, -0.2) is 233 Å². The van der Waals surface area contributed by atoms with Crippen LogP contribution in [0.1, 0.15) is 124 Å². The van der Waals surface area contributed by atoms with Crippen LogP contribution in [0.4, 0.5) is 0 Å². The van der Waals surface area contributed by atoms with E-state index in [2.05, 4.69) is 67.5 Å². The molecular formula is C58H92N20O15. The van der Waals surface area contributed by atoms with Crippen molar-refractivity contribution in [2.24, 2.45) is 39.8 Å². The number of hydrogen-bond acceptors (Lipinski definition) is 18. The molecular weight excluding hydrogens is 1220 g/mol. The van der Waals surface area contributed by atoms with Gasteiger partial charge in [-0.15, -0.1) is 0 Å². The molecule has 14 atom stereocenters. The lowest BCUT2D eigenvalue weighted by molar-refractivity contribution is -0.146. The van der Waals surface area contributed by atoms with Gasteiger partial charge in [-0.2, -0.15) is 0 Å². The highest BCUT2D eigenvalue weighted by atomic mass is 16.4. The number of aliphatic carboxylic acids is 1. The fourth-order valence-electron chi connectivity index (χ4n) is 11.2. The Morgan fingerprint density at radius 3 is 1.56 bits per heavy atom. The van der Waals surface area contributed by atoms with Gasteiger partial charge < -0.3 is 100 Å². The van der Waals surface area contributed by atoms with Crippen molar-refractivity contribution >= 4 is 82.8 Å². The molecule has 2 aromatic heterocycles. The minimum absolute atomic E-state index is 0.00358. The average Bonchev–Trinajstić information content (AvgIpc) is 1.78. The lowest BCUT2D eigenvalue weighted by atomic mass is 9.95. The number of nitrogens with zero attached hydrogens (tertiary/aromatic N) is 6. The molecule has 35 heteroatoms. The summed E-state index contributed by atoms with van der Waals surface area (Å²) >= 11 is 0. The molecule has 0 aromatic carbocycles.